The molecule has 0 aliphatic carbocycles. The molecule has 126 valence electrons. The standard InChI is InChI=1S/C13H26N4O2.2ClH/c1-14-5-4-6-15-13(19)11-9-12(18)17(10-11)8-7-16(2)3;;/h11,14H,4-10H2,1-3H3,(H,15,19);2*1H. The van der Waals surface area contributed by atoms with E-state index in [0.29, 0.717) is 26.1 Å². The predicted octanol–water partition coefficient (Wildman–Crippen LogP) is -0.0342. The van der Waals surface area contributed by atoms with E-state index < -0.39 is 0 Å². The molecule has 2 amide bonds. The molecule has 1 fully saturated rings. The largest absolute Gasteiger partial charge is 0.356 e. The molecule has 1 atom stereocenters. The molecule has 2 N–H and O–H groups in total. The van der Waals surface area contributed by atoms with Gasteiger partial charge in [-0.25, -0.2) is 0 Å². The van der Waals surface area contributed by atoms with Crippen molar-refractivity contribution in [2.24, 2.45) is 5.92 Å². The maximum Gasteiger partial charge on any atom is 0.225 e. The molecule has 0 aromatic heterocycles. The van der Waals surface area contributed by atoms with Crippen molar-refractivity contribution in [1.82, 2.24) is 20.4 Å². The van der Waals surface area contributed by atoms with E-state index in [0.717, 1.165) is 19.5 Å². The number of likely N-dealkylation sites (N-methyl/N-ethyl adjacent to an activating group) is 1. The zero-order valence-electron chi connectivity index (χ0n) is 13.1. The van der Waals surface area contributed by atoms with E-state index in [1.807, 2.05) is 26.0 Å². The SMILES string of the molecule is CNCCCNC(=O)C1CC(=O)N(CCN(C)C)C1.Cl.Cl. The van der Waals surface area contributed by atoms with Crippen LogP contribution in [-0.4, -0.2) is 75.5 Å². The fraction of sp³-hybridized carbons (Fsp3) is 0.846. The topological polar surface area (TPSA) is 64.7 Å². The van der Waals surface area contributed by atoms with Crippen molar-refractivity contribution in [3.8, 4) is 0 Å². The van der Waals surface area contributed by atoms with E-state index in [-0.39, 0.29) is 42.5 Å². The third-order valence-corrected chi connectivity index (χ3v) is 3.31. The fourth-order valence-electron chi connectivity index (χ4n) is 2.11. The van der Waals surface area contributed by atoms with Gasteiger partial charge in [0.05, 0.1) is 5.92 Å². The molecule has 0 radical (unpaired) electrons. The van der Waals surface area contributed by atoms with Gasteiger partial charge in [0.2, 0.25) is 11.8 Å². The summed E-state index contributed by atoms with van der Waals surface area (Å²) in [5.74, 6) is -0.0710. The van der Waals surface area contributed by atoms with E-state index in [1.54, 1.807) is 4.90 Å². The molecule has 1 unspecified atom stereocenters. The van der Waals surface area contributed by atoms with Crippen LogP contribution in [0.15, 0.2) is 0 Å². The summed E-state index contributed by atoms with van der Waals surface area (Å²) in [6, 6.07) is 0. The molecule has 0 aromatic carbocycles. The minimum absolute atomic E-state index is 0. The Morgan fingerprint density at radius 1 is 1.33 bits per heavy atom. The second kappa shape index (κ2) is 12.0. The smallest absolute Gasteiger partial charge is 0.225 e. The van der Waals surface area contributed by atoms with E-state index in [4.69, 9.17) is 0 Å². The minimum atomic E-state index is -0.177. The maximum atomic E-state index is 11.9. The van der Waals surface area contributed by atoms with Crippen LogP contribution in [0.5, 0.6) is 0 Å². The van der Waals surface area contributed by atoms with Crippen LogP contribution in [0.2, 0.25) is 0 Å². The molecular weight excluding hydrogens is 315 g/mol. The number of rotatable bonds is 8. The highest BCUT2D eigenvalue weighted by Gasteiger charge is 2.33. The Labute approximate surface area is 139 Å². The van der Waals surface area contributed by atoms with E-state index in [2.05, 4.69) is 10.6 Å². The quantitative estimate of drug-likeness (QED) is 0.608. The summed E-state index contributed by atoms with van der Waals surface area (Å²) in [7, 11) is 5.85. The Bertz CT molecular complexity index is 317. The first kappa shape index (κ1) is 22.7. The number of halogens is 2. The summed E-state index contributed by atoms with van der Waals surface area (Å²) in [5.41, 5.74) is 0. The molecule has 1 heterocycles. The van der Waals surface area contributed by atoms with E-state index >= 15 is 0 Å². The molecule has 0 spiro atoms. The number of carbonyl (C=O) groups is 2. The molecule has 1 aliphatic rings. The lowest BCUT2D eigenvalue weighted by Crippen LogP contribution is -2.36. The van der Waals surface area contributed by atoms with Crippen molar-refractivity contribution in [2.75, 3.05) is 53.9 Å². The summed E-state index contributed by atoms with van der Waals surface area (Å²) < 4.78 is 0. The van der Waals surface area contributed by atoms with Gasteiger partial charge in [-0.05, 0) is 34.1 Å². The first-order valence-electron chi connectivity index (χ1n) is 6.89. The van der Waals surface area contributed by atoms with Crippen molar-refractivity contribution >= 4 is 36.6 Å². The Balaban J connectivity index is 0. The van der Waals surface area contributed by atoms with Gasteiger partial charge in [0.25, 0.3) is 0 Å². The van der Waals surface area contributed by atoms with Gasteiger partial charge in [0.1, 0.15) is 0 Å². The number of likely N-dealkylation sites (tertiary alicyclic amines) is 1. The summed E-state index contributed by atoms with van der Waals surface area (Å²) >= 11 is 0. The Kier molecular flexibility index (Phi) is 13.0. The lowest BCUT2D eigenvalue weighted by molar-refractivity contribution is -0.129. The lowest BCUT2D eigenvalue weighted by atomic mass is 10.1. The van der Waals surface area contributed by atoms with Gasteiger partial charge in [-0.3, -0.25) is 9.59 Å². The second-order valence-corrected chi connectivity index (χ2v) is 5.29. The first-order valence-corrected chi connectivity index (χ1v) is 6.89. The number of nitrogens with zero attached hydrogens (tertiary/aromatic N) is 2. The average molecular weight is 343 g/mol. The molecule has 1 rings (SSSR count). The Morgan fingerprint density at radius 2 is 2.00 bits per heavy atom. The zero-order valence-corrected chi connectivity index (χ0v) is 14.7. The molecule has 0 bridgehead atoms. The molecule has 6 nitrogen and oxygen atoms in total. The normalized spacial score (nSPS) is 17.4. The summed E-state index contributed by atoms with van der Waals surface area (Å²) in [6.45, 7) is 3.66. The second-order valence-electron chi connectivity index (χ2n) is 5.29. The number of hydrogen-bond donors (Lipinski definition) is 2. The van der Waals surface area contributed by atoms with Gasteiger partial charge in [0.15, 0.2) is 0 Å². The van der Waals surface area contributed by atoms with Crippen LogP contribution in [-0.2, 0) is 9.59 Å². The predicted molar refractivity (Wildman–Crippen MR) is 89.3 cm³/mol. The third kappa shape index (κ3) is 8.46. The van der Waals surface area contributed by atoms with Crippen molar-refractivity contribution < 1.29 is 9.59 Å². The van der Waals surface area contributed by atoms with Crippen molar-refractivity contribution in [3.05, 3.63) is 0 Å². The fourth-order valence-corrected chi connectivity index (χ4v) is 2.11. The number of hydrogen-bond acceptors (Lipinski definition) is 4. The summed E-state index contributed by atoms with van der Waals surface area (Å²) in [6.07, 6.45) is 1.26. The van der Waals surface area contributed by atoms with Crippen LogP contribution >= 0.6 is 24.8 Å². The molecule has 1 aliphatic heterocycles. The van der Waals surface area contributed by atoms with Crippen molar-refractivity contribution in [1.29, 1.82) is 0 Å². The molecular formula is C13H28Cl2N4O2. The van der Waals surface area contributed by atoms with Gasteiger partial charge in [-0.2, -0.15) is 0 Å². The van der Waals surface area contributed by atoms with Crippen LogP contribution in [0.25, 0.3) is 0 Å². The van der Waals surface area contributed by atoms with Crippen molar-refractivity contribution in [3.63, 3.8) is 0 Å². The zero-order chi connectivity index (χ0) is 14.3. The van der Waals surface area contributed by atoms with E-state index in [9.17, 15) is 9.59 Å². The van der Waals surface area contributed by atoms with Gasteiger partial charge in [-0.15, -0.1) is 24.8 Å². The van der Waals surface area contributed by atoms with Crippen LogP contribution in [0.1, 0.15) is 12.8 Å². The molecule has 0 saturated carbocycles. The van der Waals surface area contributed by atoms with E-state index in [1.165, 1.54) is 0 Å². The number of nitrogens with one attached hydrogen (secondary N) is 2. The van der Waals surface area contributed by atoms with Crippen LogP contribution in [0.4, 0.5) is 0 Å². The lowest BCUT2D eigenvalue weighted by Gasteiger charge is -2.19. The number of amides is 2. The van der Waals surface area contributed by atoms with Crippen LogP contribution in [0.3, 0.4) is 0 Å². The summed E-state index contributed by atoms with van der Waals surface area (Å²) in [5, 5.41) is 5.93. The van der Waals surface area contributed by atoms with Crippen LogP contribution in [0, 0.1) is 5.92 Å². The highest BCUT2D eigenvalue weighted by molar-refractivity contribution is 5.89. The Morgan fingerprint density at radius 3 is 2.57 bits per heavy atom. The Hall–Kier alpha value is -0.560. The van der Waals surface area contributed by atoms with Gasteiger partial charge in [0, 0.05) is 32.6 Å². The number of carbonyl (C=O) groups excluding carboxylic acids is 2. The first-order chi connectivity index (χ1) is 9.04. The molecule has 8 heteroatoms. The molecule has 1 saturated heterocycles. The van der Waals surface area contributed by atoms with Gasteiger partial charge >= 0.3 is 0 Å². The average Bonchev–Trinajstić information content (AvgIpc) is 2.73. The van der Waals surface area contributed by atoms with Crippen LogP contribution < -0.4 is 10.6 Å². The third-order valence-electron chi connectivity index (χ3n) is 3.31. The summed E-state index contributed by atoms with van der Waals surface area (Å²) in [4.78, 5) is 27.5. The van der Waals surface area contributed by atoms with Gasteiger partial charge < -0.3 is 20.4 Å². The highest BCUT2D eigenvalue weighted by Crippen LogP contribution is 2.17. The monoisotopic (exact) mass is 342 g/mol. The maximum absolute atomic E-state index is 11.9. The molecule has 21 heavy (non-hydrogen) atoms. The minimum Gasteiger partial charge on any atom is -0.356 e. The van der Waals surface area contributed by atoms with Gasteiger partial charge in [-0.1, -0.05) is 0 Å². The van der Waals surface area contributed by atoms with Crippen molar-refractivity contribution in [2.45, 2.75) is 12.8 Å². The molecule has 0 aromatic rings. The highest BCUT2D eigenvalue weighted by atomic mass is 35.5.